The highest BCUT2D eigenvalue weighted by Gasteiger charge is 1.86. The summed E-state index contributed by atoms with van der Waals surface area (Å²) in [4.78, 5) is 4.18. The molecule has 3 N–H and O–H groups in total. The molecule has 0 saturated heterocycles. The van der Waals surface area contributed by atoms with Gasteiger partial charge in [-0.15, -0.1) is 0 Å². The van der Waals surface area contributed by atoms with Crippen molar-refractivity contribution in [2.24, 2.45) is 0 Å². The van der Waals surface area contributed by atoms with Crippen LogP contribution in [0.15, 0.2) is 42.6 Å². The predicted octanol–water partition coefficient (Wildman–Crippen LogP) is -1.13. The zero-order valence-corrected chi connectivity index (χ0v) is 9.20. The molecule has 0 fully saturated rings. The molecule has 0 radical (unpaired) electrons. The average molecular weight is 275 g/mol. The van der Waals surface area contributed by atoms with E-state index in [1.165, 1.54) is 5.39 Å². The van der Waals surface area contributed by atoms with Crippen LogP contribution >= 0.6 is 0 Å². The molecular weight excluding hydrogens is 263 g/mol. The van der Waals surface area contributed by atoms with Gasteiger partial charge in [0.2, 0.25) is 24.0 Å². The van der Waals surface area contributed by atoms with Crippen LogP contribution in [0.1, 0.15) is 0 Å². The predicted molar refractivity (Wildman–Crippen MR) is 49.6 cm³/mol. The van der Waals surface area contributed by atoms with Gasteiger partial charge in [0.1, 0.15) is 0 Å². The minimum absolute atomic E-state index is 0. The van der Waals surface area contributed by atoms with Crippen LogP contribution in [-0.4, -0.2) is 4.98 Å². The van der Waals surface area contributed by atoms with E-state index in [1.54, 1.807) is 0 Å². The summed E-state index contributed by atoms with van der Waals surface area (Å²) in [5.41, 5.74) is 1.06. The Morgan fingerprint density at radius 1 is 0.917 bits per heavy atom. The number of para-hydroxylation sites is 1. The topological polar surface area (TPSA) is 47.9 Å². The molecule has 2 rings (SSSR count). The zero-order valence-electron chi connectivity index (χ0n) is 6.64. The molecule has 0 unspecified atom stereocenters. The molecule has 0 saturated carbocycles. The lowest BCUT2D eigenvalue weighted by Gasteiger charge is -1.91. The second-order valence-electron chi connectivity index (χ2n) is 2.20. The highest BCUT2D eigenvalue weighted by molar-refractivity contribution is 5.77. The number of pyridine rings is 1. The molecule has 0 aliphatic carbocycles. The van der Waals surface area contributed by atoms with Gasteiger partial charge in [-0.05, 0) is 12.1 Å². The Morgan fingerprint density at radius 2 is 1.58 bits per heavy atom. The molecule has 2 aromatic rings. The Hall–Kier alpha value is -0.680. The van der Waals surface area contributed by atoms with Crippen molar-refractivity contribution in [2.75, 3.05) is 0 Å². The highest BCUT2D eigenvalue weighted by atomic mass is 127. The van der Waals surface area contributed by atoms with E-state index in [2.05, 4.69) is 17.1 Å². The Bertz CT molecular complexity index is 284. The Kier molecular flexibility index (Phi) is 4.77. The lowest BCUT2D eigenvalue weighted by molar-refractivity contribution is -0.00000247. The van der Waals surface area contributed by atoms with Gasteiger partial charge in [0, 0.05) is 11.6 Å². The van der Waals surface area contributed by atoms with Crippen molar-refractivity contribution in [3.63, 3.8) is 0 Å². The van der Waals surface area contributed by atoms with Gasteiger partial charge in [-0.3, -0.25) is 4.98 Å². The van der Waals surface area contributed by atoms with Crippen LogP contribution < -0.4 is 30.1 Å². The first-order valence-electron chi connectivity index (χ1n) is 3.26. The maximum absolute atomic E-state index is 4.18. The number of hydrogen-bond acceptors (Lipinski definition) is 2. The summed E-state index contributed by atoms with van der Waals surface area (Å²) >= 11 is 0. The molecule has 0 aliphatic rings. The van der Waals surface area contributed by atoms with Crippen molar-refractivity contribution in [3.05, 3.63) is 42.6 Å². The van der Waals surface area contributed by atoms with Gasteiger partial charge in [-0.1, -0.05) is 24.3 Å². The number of benzene rings is 1. The summed E-state index contributed by atoms with van der Waals surface area (Å²) in [6.07, 6.45) is 1.81. The van der Waals surface area contributed by atoms with E-state index in [-0.39, 0.29) is 30.1 Å². The summed E-state index contributed by atoms with van der Waals surface area (Å²) < 4.78 is 0. The molecule has 0 amide bonds. The number of halogens is 1. The van der Waals surface area contributed by atoms with Crippen LogP contribution in [0, 0.1) is 0 Å². The average Bonchev–Trinajstić information content (AvgIpc) is 2.05. The molecule has 0 atom stereocenters. The fourth-order valence-electron chi connectivity index (χ4n) is 1.02. The normalized spacial score (nSPS) is 8.33. The second-order valence-corrected chi connectivity index (χ2v) is 2.20. The third kappa shape index (κ3) is 2.15. The van der Waals surface area contributed by atoms with E-state index in [0.717, 1.165) is 5.52 Å². The molecular formula is C9H12IN2+. The maximum Gasteiger partial charge on any atom is 0.235 e. The molecule has 0 spiro atoms. The molecule has 1 aromatic carbocycles. The van der Waals surface area contributed by atoms with Crippen molar-refractivity contribution >= 4 is 10.9 Å². The Balaban J connectivity index is 0.000000605. The number of nitrogens with zero attached hydrogens (tertiary/aromatic N) is 1. The van der Waals surface area contributed by atoms with E-state index >= 15 is 0 Å². The number of aromatic nitrogens is 1. The van der Waals surface area contributed by atoms with Crippen molar-refractivity contribution in [2.45, 2.75) is 0 Å². The van der Waals surface area contributed by atoms with Crippen molar-refractivity contribution < 1.29 is 24.0 Å². The molecule has 64 valence electrons. The minimum Gasteiger partial charge on any atom is -0.344 e. The third-order valence-electron chi connectivity index (χ3n) is 1.51. The summed E-state index contributed by atoms with van der Waals surface area (Å²) in [6.45, 7) is 0. The number of rotatable bonds is 0. The third-order valence-corrected chi connectivity index (χ3v) is 1.51. The fourth-order valence-corrected chi connectivity index (χ4v) is 1.02. The van der Waals surface area contributed by atoms with Crippen LogP contribution in [0.2, 0.25) is 0 Å². The summed E-state index contributed by atoms with van der Waals surface area (Å²) in [5, 5.41) is 1.20. The van der Waals surface area contributed by atoms with E-state index < -0.39 is 0 Å². The minimum atomic E-state index is 0. The molecule has 1 heterocycles. The summed E-state index contributed by atoms with van der Waals surface area (Å²) in [7, 11) is 0. The first kappa shape index (κ1) is 11.3. The first-order valence-corrected chi connectivity index (χ1v) is 3.26. The highest BCUT2D eigenvalue weighted by Crippen LogP contribution is 2.07. The molecule has 3 heteroatoms. The summed E-state index contributed by atoms with van der Waals surface area (Å²) in [6, 6.07) is 12.1. The van der Waals surface area contributed by atoms with Gasteiger partial charge in [-0.2, -0.15) is 0 Å². The molecule has 1 aromatic heterocycles. The molecule has 0 bridgehead atoms. The van der Waals surface area contributed by atoms with E-state index in [9.17, 15) is 0 Å². The van der Waals surface area contributed by atoms with Gasteiger partial charge in [0.05, 0.1) is 5.52 Å². The van der Waals surface area contributed by atoms with E-state index in [0.29, 0.717) is 0 Å². The Morgan fingerprint density at radius 3 is 2.33 bits per heavy atom. The zero-order chi connectivity index (χ0) is 6.81. The van der Waals surface area contributed by atoms with Crippen molar-refractivity contribution in [1.29, 1.82) is 0 Å². The lowest BCUT2D eigenvalue weighted by atomic mass is 10.2. The molecule has 2 nitrogen and oxygen atoms in total. The van der Waals surface area contributed by atoms with E-state index in [1.807, 2.05) is 30.5 Å². The van der Waals surface area contributed by atoms with Gasteiger partial charge < -0.3 is 6.15 Å². The van der Waals surface area contributed by atoms with Crippen LogP contribution in [-0.2, 0) is 0 Å². The van der Waals surface area contributed by atoms with Crippen LogP contribution in [0.5, 0.6) is 0 Å². The summed E-state index contributed by atoms with van der Waals surface area (Å²) in [5.74, 6) is 0. The number of hydrogen-bond donors (Lipinski definition) is 1. The van der Waals surface area contributed by atoms with Crippen LogP contribution in [0.3, 0.4) is 0 Å². The molecule has 12 heavy (non-hydrogen) atoms. The quantitative estimate of drug-likeness (QED) is 0.618. The lowest BCUT2D eigenvalue weighted by Crippen LogP contribution is -3.00. The van der Waals surface area contributed by atoms with Gasteiger partial charge in [0.25, 0.3) is 0 Å². The van der Waals surface area contributed by atoms with Gasteiger partial charge in [-0.25, -0.2) is 0 Å². The molecule has 0 aliphatic heterocycles. The maximum atomic E-state index is 4.18. The number of fused-ring (bicyclic) bond motifs is 1. The van der Waals surface area contributed by atoms with Gasteiger partial charge in [0.15, 0.2) is 0 Å². The standard InChI is InChI=1S/C9H7N.H2I.H3N/c1-2-6-9-8(4-1)5-3-7-10-9;;/h1-7H;1H2;1H3/q;+1;. The largest absolute Gasteiger partial charge is 0.344 e. The fraction of sp³-hybridized carbons (Fsp3) is 0. The Labute approximate surface area is 88.6 Å². The monoisotopic (exact) mass is 275 g/mol. The smallest absolute Gasteiger partial charge is 0.235 e. The van der Waals surface area contributed by atoms with Crippen molar-refractivity contribution in [1.82, 2.24) is 11.1 Å². The van der Waals surface area contributed by atoms with Gasteiger partial charge >= 0.3 is 0 Å². The first-order chi connectivity index (χ1) is 4.97. The SMILES string of the molecule is N.[IH2+].c1ccc2ncccc2c1. The van der Waals surface area contributed by atoms with Crippen molar-refractivity contribution in [3.8, 4) is 0 Å². The van der Waals surface area contributed by atoms with Crippen LogP contribution in [0.25, 0.3) is 10.9 Å². The van der Waals surface area contributed by atoms with E-state index in [4.69, 9.17) is 0 Å². The second kappa shape index (κ2) is 5.05. The van der Waals surface area contributed by atoms with Crippen LogP contribution in [0.4, 0.5) is 0 Å².